The fourth-order valence-electron chi connectivity index (χ4n) is 2.89. The number of para-hydroxylation sites is 2. The zero-order chi connectivity index (χ0) is 17.9. The Morgan fingerprint density at radius 1 is 0.846 bits per heavy atom. The Hall–Kier alpha value is -3.46. The van der Waals surface area contributed by atoms with Gasteiger partial charge in [0.05, 0.1) is 11.0 Å². The topological polar surface area (TPSA) is 39.2 Å². The average Bonchev–Trinajstić information content (AvgIpc) is 2.67. The molecule has 0 saturated heterocycles. The number of hydrogen-bond donors (Lipinski definition) is 0. The summed E-state index contributed by atoms with van der Waals surface area (Å²) >= 11 is 0. The zero-order valence-corrected chi connectivity index (χ0v) is 14.3. The van der Waals surface area contributed by atoms with Crippen molar-refractivity contribution >= 4 is 33.7 Å². The lowest BCUT2D eigenvalue weighted by atomic mass is 10.1. The highest BCUT2D eigenvalue weighted by molar-refractivity contribution is 6.01. The molecule has 0 aliphatic rings. The molecule has 0 aliphatic heterocycles. The van der Waals surface area contributed by atoms with E-state index in [1.54, 1.807) is 12.2 Å². The van der Waals surface area contributed by atoms with Gasteiger partial charge in [-0.25, -0.2) is 4.98 Å². The van der Waals surface area contributed by atoms with Crippen LogP contribution in [0.5, 0.6) is 11.5 Å². The second kappa shape index (κ2) is 6.81. The van der Waals surface area contributed by atoms with Crippen molar-refractivity contribution in [2.24, 2.45) is 0 Å². The Balaban J connectivity index is 1.77. The van der Waals surface area contributed by atoms with Gasteiger partial charge in [0.2, 0.25) is 0 Å². The summed E-state index contributed by atoms with van der Waals surface area (Å²) in [5.74, 6) is 1.57. The molecule has 26 heavy (non-hydrogen) atoms. The highest BCUT2D eigenvalue weighted by Crippen LogP contribution is 2.36. The van der Waals surface area contributed by atoms with Crippen molar-refractivity contribution in [1.82, 2.24) is 4.98 Å². The number of rotatable bonds is 4. The first-order valence-corrected chi connectivity index (χ1v) is 8.45. The van der Waals surface area contributed by atoms with Gasteiger partial charge in [0.25, 0.3) is 0 Å². The number of benzene rings is 3. The molecule has 0 amide bonds. The lowest BCUT2D eigenvalue weighted by Gasteiger charge is -2.12. The van der Waals surface area contributed by atoms with E-state index in [1.807, 2.05) is 72.8 Å². The highest BCUT2D eigenvalue weighted by Gasteiger charge is 2.10. The van der Waals surface area contributed by atoms with Crippen LogP contribution < -0.4 is 4.74 Å². The number of carbonyl (C=O) groups is 1. The predicted octanol–water partition coefficient (Wildman–Crippen LogP) is 5.78. The number of fused-ring (bicyclic) bond motifs is 2. The monoisotopic (exact) mass is 339 g/mol. The van der Waals surface area contributed by atoms with E-state index >= 15 is 0 Å². The van der Waals surface area contributed by atoms with Crippen LogP contribution in [0.2, 0.25) is 0 Å². The Labute approximate surface area is 151 Å². The number of ether oxygens (including phenoxy) is 1. The summed E-state index contributed by atoms with van der Waals surface area (Å²) < 4.78 is 6.25. The first kappa shape index (κ1) is 16.0. The van der Waals surface area contributed by atoms with Crippen LogP contribution >= 0.6 is 0 Å². The number of pyridine rings is 1. The number of carbonyl (C=O) groups excluding carboxylic acids is 1. The zero-order valence-electron chi connectivity index (χ0n) is 14.3. The molecule has 0 N–H and O–H groups in total. The SMILES string of the molecule is CC(=O)/C=C/c1ccc(Oc2c3ccccc3nc3ccccc23)cc1. The van der Waals surface area contributed by atoms with Crippen molar-refractivity contribution in [2.45, 2.75) is 6.92 Å². The minimum Gasteiger partial charge on any atom is -0.456 e. The van der Waals surface area contributed by atoms with Crippen LogP contribution in [0, 0.1) is 0 Å². The fourth-order valence-corrected chi connectivity index (χ4v) is 2.89. The third-order valence-electron chi connectivity index (χ3n) is 4.15. The Morgan fingerprint density at radius 2 is 1.42 bits per heavy atom. The molecule has 1 heterocycles. The lowest BCUT2D eigenvalue weighted by molar-refractivity contribution is -0.112. The minimum atomic E-state index is 0.0278. The smallest absolute Gasteiger partial charge is 0.152 e. The van der Waals surface area contributed by atoms with E-state index in [0.29, 0.717) is 0 Å². The quantitative estimate of drug-likeness (QED) is 0.349. The summed E-state index contributed by atoms with van der Waals surface area (Å²) in [6.45, 7) is 1.54. The van der Waals surface area contributed by atoms with Gasteiger partial charge in [-0.1, -0.05) is 42.5 Å². The van der Waals surface area contributed by atoms with Gasteiger partial charge >= 0.3 is 0 Å². The number of aromatic nitrogens is 1. The number of allylic oxidation sites excluding steroid dienone is 1. The molecule has 0 aliphatic carbocycles. The standard InChI is InChI=1S/C23H17NO2/c1-16(25)10-11-17-12-14-18(15-13-17)26-23-19-6-2-4-8-21(19)24-22-9-5-3-7-20(22)23/h2-15H,1H3/b11-10+. The molecular formula is C23H17NO2. The van der Waals surface area contributed by atoms with Gasteiger partial charge in [-0.15, -0.1) is 0 Å². The van der Waals surface area contributed by atoms with E-state index in [4.69, 9.17) is 9.72 Å². The van der Waals surface area contributed by atoms with Crippen molar-refractivity contribution < 1.29 is 9.53 Å². The van der Waals surface area contributed by atoms with Gasteiger partial charge in [0.1, 0.15) is 11.5 Å². The van der Waals surface area contributed by atoms with E-state index in [0.717, 1.165) is 38.9 Å². The molecular weight excluding hydrogens is 322 g/mol. The molecule has 126 valence electrons. The van der Waals surface area contributed by atoms with Crippen LogP contribution in [0.1, 0.15) is 12.5 Å². The van der Waals surface area contributed by atoms with Crippen molar-refractivity contribution in [3.8, 4) is 11.5 Å². The normalized spacial score (nSPS) is 11.3. The summed E-state index contributed by atoms with van der Waals surface area (Å²) in [5.41, 5.74) is 2.77. The van der Waals surface area contributed by atoms with Crippen LogP contribution in [0.15, 0.2) is 78.9 Å². The molecule has 0 spiro atoms. The molecule has 4 rings (SSSR count). The van der Waals surface area contributed by atoms with Crippen LogP contribution in [0.25, 0.3) is 27.9 Å². The van der Waals surface area contributed by atoms with Crippen LogP contribution in [0.4, 0.5) is 0 Å². The maximum atomic E-state index is 11.1. The predicted molar refractivity (Wildman–Crippen MR) is 105 cm³/mol. The molecule has 0 saturated carbocycles. The third-order valence-corrected chi connectivity index (χ3v) is 4.15. The van der Waals surface area contributed by atoms with E-state index < -0.39 is 0 Å². The van der Waals surface area contributed by atoms with Gasteiger partial charge < -0.3 is 4.74 Å². The van der Waals surface area contributed by atoms with Crippen LogP contribution in [-0.4, -0.2) is 10.8 Å². The molecule has 3 nitrogen and oxygen atoms in total. The average molecular weight is 339 g/mol. The van der Waals surface area contributed by atoms with Crippen LogP contribution in [-0.2, 0) is 4.79 Å². The van der Waals surface area contributed by atoms with Crippen molar-refractivity contribution in [2.75, 3.05) is 0 Å². The van der Waals surface area contributed by atoms with Gasteiger partial charge in [-0.3, -0.25) is 4.79 Å². The summed E-state index contributed by atoms with van der Waals surface area (Å²) in [4.78, 5) is 15.8. The molecule has 1 aromatic heterocycles. The first-order valence-electron chi connectivity index (χ1n) is 8.45. The van der Waals surface area contributed by atoms with Gasteiger partial charge in [0.15, 0.2) is 5.78 Å². The molecule has 0 fully saturated rings. The van der Waals surface area contributed by atoms with Gasteiger partial charge in [0, 0.05) is 10.8 Å². The van der Waals surface area contributed by atoms with E-state index in [9.17, 15) is 4.79 Å². The Bertz CT molecular complexity index is 1070. The number of nitrogens with zero attached hydrogens (tertiary/aromatic N) is 1. The largest absolute Gasteiger partial charge is 0.456 e. The molecule has 3 aromatic carbocycles. The second-order valence-electron chi connectivity index (χ2n) is 6.09. The lowest BCUT2D eigenvalue weighted by Crippen LogP contribution is -1.91. The van der Waals surface area contributed by atoms with E-state index in [2.05, 4.69) is 0 Å². The Morgan fingerprint density at radius 3 is 2.00 bits per heavy atom. The van der Waals surface area contributed by atoms with Crippen LogP contribution in [0.3, 0.4) is 0 Å². The Kier molecular flexibility index (Phi) is 4.20. The second-order valence-corrected chi connectivity index (χ2v) is 6.09. The van der Waals surface area contributed by atoms with Gasteiger partial charge in [-0.2, -0.15) is 0 Å². The molecule has 0 atom stereocenters. The molecule has 0 bridgehead atoms. The summed E-state index contributed by atoms with van der Waals surface area (Å²) in [7, 11) is 0. The first-order chi connectivity index (χ1) is 12.7. The number of ketones is 1. The molecule has 4 aromatic rings. The molecule has 0 radical (unpaired) electrons. The summed E-state index contributed by atoms with van der Waals surface area (Å²) in [5, 5.41) is 1.96. The van der Waals surface area contributed by atoms with Crippen molar-refractivity contribution in [3.05, 3.63) is 84.4 Å². The maximum absolute atomic E-state index is 11.1. The molecule has 3 heteroatoms. The maximum Gasteiger partial charge on any atom is 0.152 e. The summed E-state index contributed by atoms with van der Waals surface area (Å²) in [6.07, 6.45) is 3.35. The van der Waals surface area contributed by atoms with Crippen molar-refractivity contribution in [1.29, 1.82) is 0 Å². The number of hydrogen-bond acceptors (Lipinski definition) is 3. The molecule has 0 unspecified atom stereocenters. The van der Waals surface area contributed by atoms with E-state index in [-0.39, 0.29) is 5.78 Å². The highest BCUT2D eigenvalue weighted by atomic mass is 16.5. The fraction of sp³-hybridized carbons (Fsp3) is 0.0435. The summed E-state index contributed by atoms with van der Waals surface area (Å²) in [6, 6.07) is 23.6. The van der Waals surface area contributed by atoms with Crippen molar-refractivity contribution in [3.63, 3.8) is 0 Å². The van der Waals surface area contributed by atoms with E-state index in [1.165, 1.54) is 6.92 Å². The third kappa shape index (κ3) is 3.20. The van der Waals surface area contributed by atoms with Gasteiger partial charge in [-0.05, 0) is 55.0 Å². The minimum absolute atomic E-state index is 0.0278.